The van der Waals surface area contributed by atoms with Crippen molar-refractivity contribution in [2.24, 2.45) is 0 Å². The van der Waals surface area contributed by atoms with Gasteiger partial charge >= 0.3 is 0 Å². The van der Waals surface area contributed by atoms with Crippen LogP contribution in [0.15, 0.2) is 249 Å². The second-order valence-electron chi connectivity index (χ2n) is 18.8. The van der Waals surface area contributed by atoms with E-state index in [1.54, 1.807) is 0 Å². The van der Waals surface area contributed by atoms with E-state index >= 15 is 0 Å². The lowest BCUT2D eigenvalue weighted by Crippen LogP contribution is -2.73. The number of nitrogens with zero attached hydrogens (tertiary/aromatic N) is 1. The fourth-order valence-corrected chi connectivity index (χ4v) is 17.1. The number of hydrogen-bond acceptors (Lipinski definition) is 1. The average Bonchev–Trinajstić information content (AvgIpc) is 3.82. The van der Waals surface area contributed by atoms with Crippen LogP contribution in [0.2, 0.25) is 0 Å². The van der Waals surface area contributed by atoms with Gasteiger partial charge in [-0.25, -0.2) is 0 Å². The number of hydrogen-bond donors (Lipinski definition) is 0. The van der Waals surface area contributed by atoms with Crippen molar-refractivity contribution in [3.8, 4) is 44.5 Å². The monoisotopic (exact) mass is 869 g/mol. The zero-order chi connectivity index (χ0) is 44.7. The molecule has 2 aliphatic rings. The van der Waals surface area contributed by atoms with Gasteiger partial charge in [0.05, 0.1) is 0 Å². The molecule has 316 valence electrons. The summed E-state index contributed by atoms with van der Waals surface area (Å²) in [6.07, 6.45) is 0. The minimum absolute atomic E-state index is 0.224. The molecule has 0 bridgehead atoms. The molecule has 11 aromatic carbocycles. The van der Waals surface area contributed by atoms with E-state index in [0.29, 0.717) is 0 Å². The van der Waals surface area contributed by atoms with Crippen LogP contribution in [0, 0.1) is 0 Å². The van der Waals surface area contributed by atoms with Crippen molar-refractivity contribution in [3.63, 3.8) is 0 Å². The highest BCUT2D eigenvalue weighted by molar-refractivity contribution is 7.23. The zero-order valence-corrected chi connectivity index (χ0v) is 38.6. The summed E-state index contributed by atoms with van der Waals surface area (Å²) in [6, 6.07) is 93.8. The third-order valence-electron chi connectivity index (χ3n) is 14.9. The SMILES string of the molecule is CC1(C)c2cc(-c3ccccc3)ccc2-c2ccc(N(c3ccc(-c4ccccc4)cc3)c3cccc4c3[Si](c3ccc5ccccc5c3)(c3ccc5ccccc5c3)c3ccccc3-4)cc21. The van der Waals surface area contributed by atoms with Crippen molar-refractivity contribution >= 4 is 67.4 Å². The summed E-state index contributed by atoms with van der Waals surface area (Å²) >= 11 is 0. The molecule has 0 fully saturated rings. The van der Waals surface area contributed by atoms with E-state index in [0.717, 1.165) is 11.4 Å². The highest BCUT2D eigenvalue weighted by Gasteiger charge is 2.51. The maximum Gasteiger partial charge on any atom is 0.183 e. The highest BCUT2D eigenvalue weighted by Crippen LogP contribution is 2.52. The highest BCUT2D eigenvalue weighted by atomic mass is 28.3. The summed E-state index contributed by atoms with van der Waals surface area (Å²) in [4.78, 5) is 2.58. The van der Waals surface area contributed by atoms with E-state index < -0.39 is 8.07 Å². The zero-order valence-electron chi connectivity index (χ0n) is 37.6. The maximum atomic E-state index is 2.58. The molecule has 13 rings (SSSR count). The van der Waals surface area contributed by atoms with Crippen LogP contribution in [0.5, 0.6) is 0 Å². The van der Waals surface area contributed by atoms with Gasteiger partial charge < -0.3 is 4.90 Å². The lowest BCUT2D eigenvalue weighted by molar-refractivity contribution is 0.660. The second kappa shape index (κ2) is 15.3. The van der Waals surface area contributed by atoms with Gasteiger partial charge in [-0.1, -0.05) is 226 Å². The summed E-state index contributed by atoms with van der Waals surface area (Å²) in [5, 5.41) is 10.7. The first-order chi connectivity index (χ1) is 33.0. The molecule has 67 heavy (non-hydrogen) atoms. The molecule has 0 saturated carbocycles. The summed E-state index contributed by atoms with van der Waals surface area (Å²) in [6.45, 7) is 4.81. The summed E-state index contributed by atoms with van der Waals surface area (Å²) in [5.41, 5.74) is 16.2. The van der Waals surface area contributed by atoms with Gasteiger partial charge in [0.1, 0.15) is 0 Å². The third-order valence-corrected chi connectivity index (χ3v) is 19.8. The smallest absolute Gasteiger partial charge is 0.183 e. The Bertz CT molecular complexity index is 3640. The molecular formula is C65H47NSi. The molecule has 0 spiro atoms. The summed E-state index contributed by atoms with van der Waals surface area (Å²) in [7, 11) is -3.08. The Labute approximate surface area is 393 Å². The van der Waals surface area contributed by atoms with E-state index in [2.05, 4.69) is 267 Å². The standard InChI is InChI=1S/C65H47NSi/c1-65(2)60-42-51(45-18-7-4-8-19-45)32-38-56(60)57-39-35-53(43-61(57)65)66(52-33-28-48(29-34-52)44-16-5-3-6-17-44)62-26-15-25-59-58-24-13-14-27-63(58)67(64(59)62,54-36-30-46-20-9-11-22-49(46)40-54)55-37-31-47-21-10-12-23-50(47)41-55/h3-43H,1-2H3. The predicted octanol–water partition coefficient (Wildman–Crippen LogP) is 14.5. The first kappa shape index (κ1) is 39.3. The van der Waals surface area contributed by atoms with Gasteiger partial charge in [-0.15, -0.1) is 0 Å². The Balaban J connectivity index is 1.08. The fourth-order valence-electron chi connectivity index (χ4n) is 11.7. The van der Waals surface area contributed by atoms with E-state index in [9.17, 15) is 0 Å². The molecule has 1 heterocycles. The lowest BCUT2D eigenvalue weighted by Gasteiger charge is -2.36. The van der Waals surface area contributed by atoms with Gasteiger partial charge in [0, 0.05) is 22.5 Å². The molecule has 2 heteroatoms. The molecular weight excluding hydrogens is 823 g/mol. The van der Waals surface area contributed by atoms with Gasteiger partial charge in [-0.2, -0.15) is 0 Å². The van der Waals surface area contributed by atoms with Crippen LogP contribution in [0.3, 0.4) is 0 Å². The minimum atomic E-state index is -3.08. The number of benzene rings is 11. The summed E-state index contributed by atoms with van der Waals surface area (Å²) in [5.74, 6) is 0. The number of fused-ring (bicyclic) bond motifs is 8. The van der Waals surface area contributed by atoms with E-state index in [-0.39, 0.29) is 5.41 Å². The van der Waals surface area contributed by atoms with Crippen molar-refractivity contribution in [2.45, 2.75) is 19.3 Å². The Hall–Kier alpha value is -8.04. The molecule has 0 amide bonds. The molecule has 1 nitrogen and oxygen atoms in total. The number of rotatable bonds is 7. The van der Waals surface area contributed by atoms with Gasteiger partial charge in [-0.3, -0.25) is 0 Å². The van der Waals surface area contributed by atoms with Crippen LogP contribution in [0.25, 0.3) is 66.1 Å². The molecule has 0 aromatic heterocycles. The molecule has 0 atom stereocenters. The topological polar surface area (TPSA) is 3.24 Å². The van der Waals surface area contributed by atoms with Gasteiger partial charge in [0.2, 0.25) is 0 Å². The Morgan fingerprint density at radius 1 is 0.328 bits per heavy atom. The van der Waals surface area contributed by atoms with Crippen molar-refractivity contribution in [3.05, 3.63) is 260 Å². The van der Waals surface area contributed by atoms with Crippen molar-refractivity contribution in [2.75, 3.05) is 4.90 Å². The normalized spacial score (nSPS) is 13.8. The molecule has 0 radical (unpaired) electrons. The van der Waals surface area contributed by atoms with E-state index in [1.165, 1.54) is 104 Å². The molecule has 0 saturated heterocycles. The number of anilines is 3. The van der Waals surface area contributed by atoms with Gasteiger partial charge in [0.15, 0.2) is 8.07 Å². The largest absolute Gasteiger partial charge is 0.311 e. The Morgan fingerprint density at radius 3 is 1.48 bits per heavy atom. The van der Waals surface area contributed by atoms with E-state index in [1.807, 2.05) is 0 Å². The van der Waals surface area contributed by atoms with Crippen LogP contribution < -0.4 is 25.6 Å². The second-order valence-corrected chi connectivity index (χ2v) is 22.5. The summed E-state index contributed by atoms with van der Waals surface area (Å²) < 4.78 is 0. The first-order valence-electron chi connectivity index (χ1n) is 23.5. The van der Waals surface area contributed by atoms with Crippen LogP contribution in [0.1, 0.15) is 25.0 Å². The van der Waals surface area contributed by atoms with Crippen molar-refractivity contribution in [1.82, 2.24) is 0 Å². The fraction of sp³-hybridized carbons (Fsp3) is 0.0462. The van der Waals surface area contributed by atoms with Crippen LogP contribution in [-0.4, -0.2) is 8.07 Å². The minimum Gasteiger partial charge on any atom is -0.311 e. The van der Waals surface area contributed by atoms with E-state index in [4.69, 9.17) is 0 Å². The average molecular weight is 870 g/mol. The molecule has 1 aliphatic carbocycles. The molecule has 0 N–H and O–H groups in total. The van der Waals surface area contributed by atoms with Gasteiger partial charge in [-0.05, 0) is 134 Å². The molecule has 0 unspecified atom stereocenters. The van der Waals surface area contributed by atoms with Crippen LogP contribution in [0.4, 0.5) is 17.1 Å². The van der Waals surface area contributed by atoms with Crippen molar-refractivity contribution in [1.29, 1.82) is 0 Å². The third kappa shape index (κ3) is 6.07. The van der Waals surface area contributed by atoms with Crippen molar-refractivity contribution < 1.29 is 0 Å². The molecule has 11 aromatic rings. The van der Waals surface area contributed by atoms with Crippen LogP contribution >= 0.6 is 0 Å². The maximum absolute atomic E-state index is 3.08. The van der Waals surface area contributed by atoms with Gasteiger partial charge in [0.25, 0.3) is 0 Å². The predicted molar refractivity (Wildman–Crippen MR) is 287 cm³/mol. The Morgan fingerprint density at radius 2 is 0.821 bits per heavy atom. The first-order valence-corrected chi connectivity index (χ1v) is 25.5. The van der Waals surface area contributed by atoms with Crippen LogP contribution in [-0.2, 0) is 5.41 Å². The Kier molecular flexibility index (Phi) is 8.97. The lowest BCUT2D eigenvalue weighted by atomic mass is 9.81. The quantitative estimate of drug-likeness (QED) is 0.144. The molecule has 1 aliphatic heterocycles.